The topological polar surface area (TPSA) is 102 Å². The molecule has 1 aromatic rings. The average Bonchev–Trinajstić information content (AvgIpc) is 2.78. The SMILES string of the molecule is Cc1ccc(S(=O)(=O)N2CC(CC#N)=C(CC#N)C2=O)cc1. The number of aryl methyl sites for hydroxylation is 1. The van der Waals surface area contributed by atoms with Crippen LogP contribution in [0.1, 0.15) is 18.4 Å². The molecule has 0 aromatic heterocycles. The van der Waals surface area contributed by atoms with Crippen molar-refractivity contribution in [2.75, 3.05) is 6.54 Å². The van der Waals surface area contributed by atoms with Crippen molar-refractivity contribution in [1.29, 1.82) is 10.5 Å². The van der Waals surface area contributed by atoms with E-state index in [1.54, 1.807) is 12.1 Å². The largest absolute Gasteiger partial charge is 0.268 e. The molecule has 0 unspecified atom stereocenters. The number of carbonyl (C=O) groups excluding carboxylic acids is 1. The molecule has 0 radical (unpaired) electrons. The molecule has 0 atom stereocenters. The Bertz CT molecular complexity index is 824. The second kappa shape index (κ2) is 6.00. The van der Waals surface area contributed by atoms with E-state index in [2.05, 4.69) is 0 Å². The smallest absolute Gasteiger partial charge is 0.267 e. The zero-order valence-electron chi connectivity index (χ0n) is 11.9. The van der Waals surface area contributed by atoms with Gasteiger partial charge in [-0.1, -0.05) is 17.7 Å². The first-order valence-electron chi connectivity index (χ1n) is 6.50. The van der Waals surface area contributed by atoms with Gasteiger partial charge in [-0.25, -0.2) is 12.7 Å². The Morgan fingerprint density at radius 1 is 1.14 bits per heavy atom. The zero-order valence-corrected chi connectivity index (χ0v) is 12.7. The van der Waals surface area contributed by atoms with Crippen LogP contribution in [0.2, 0.25) is 0 Å². The van der Waals surface area contributed by atoms with Crippen molar-refractivity contribution in [2.45, 2.75) is 24.7 Å². The summed E-state index contributed by atoms with van der Waals surface area (Å²) in [7, 11) is -3.98. The van der Waals surface area contributed by atoms with Crippen molar-refractivity contribution < 1.29 is 13.2 Å². The highest BCUT2D eigenvalue weighted by molar-refractivity contribution is 7.89. The fourth-order valence-corrected chi connectivity index (χ4v) is 3.60. The Hall–Kier alpha value is -2.64. The summed E-state index contributed by atoms with van der Waals surface area (Å²) in [6, 6.07) is 9.90. The Labute approximate surface area is 128 Å². The van der Waals surface area contributed by atoms with E-state index < -0.39 is 15.9 Å². The van der Waals surface area contributed by atoms with Crippen LogP contribution in [0.4, 0.5) is 0 Å². The Kier molecular flexibility index (Phi) is 4.30. The third kappa shape index (κ3) is 2.72. The van der Waals surface area contributed by atoms with Gasteiger partial charge in [-0.15, -0.1) is 0 Å². The maximum atomic E-state index is 12.6. The molecule has 2 rings (SSSR count). The van der Waals surface area contributed by atoms with Crippen LogP contribution in [0.3, 0.4) is 0 Å². The van der Waals surface area contributed by atoms with E-state index >= 15 is 0 Å². The van der Waals surface area contributed by atoms with E-state index in [1.807, 2.05) is 19.1 Å². The molecular weight excluding hydrogens is 302 g/mol. The maximum Gasteiger partial charge on any atom is 0.267 e. The van der Waals surface area contributed by atoms with Crippen molar-refractivity contribution >= 4 is 15.9 Å². The molecule has 0 aliphatic carbocycles. The second-order valence-corrected chi connectivity index (χ2v) is 6.74. The fraction of sp³-hybridized carbons (Fsp3) is 0.267. The number of carbonyl (C=O) groups is 1. The fourth-order valence-electron chi connectivity index (χ4n) is 2.21. The monoisotopic (exact) mass is 315 g/mol. The lowest BCUT2D eigenvalue weighted by atomic mass is 10.1. The summed E-state index contributed by atoms with van der Waals surface area (Å²) in [4.78, 5) is 12.3. The molecule has 0 saturated carbocycles. The number of hydrogen-bond acceptors (Lipinski definition) is 5. The molecule has 0 bridgehead atoms. The van der Waals surface area contributed by atoms with E-state index in [-0.39, 0.29) is 29.9 Å². The van der Waals surface area contributed by atoms with Gasteiger partial charge >= 0.3 is 0 Å². The van der Waals surface area contributed by atoms with Gasteiger partial charge in [0, 0.05) is 5.57 Å². The van der Waals surface area contributed by atoms with Crippen LogP contribution in [0, 0.1) is 29.6 Å². The zero-order chi connectivity index (χ0) is 16.3. The number of hydrogen-bond donors (Lipinski definition) is 0. The highest BCUT2D eigenvalue weighted by atomic mass is 32.2. The molecule has 1 aliphatic heterocycles. The van der Waals surface area contributed by atoms with Crippen LogP contribution in [0.5, 0.6) is 0 Å². The molecule has 1 aliphatic rings. The number of rotatable bonds is 4. The van der Waals surface area contributed by atoms with Crippen LogP contribution < -0.4 is 0 Å². The van der Waals surface area contributed by atoms with Gasteiger partial charge in [0.05, 0.1) is 36.4 Å². The first-order chi connectivity index (χ1) is 10.4. The van der Waals surface area contributed by atoms with E-state index in [4.69, 9.17) is 10.5 Å². The van der Waals surface area contributed by atoms with Crippen molar-refractivity contribution in [3.63, 3.8) is 0 Å². The van der Waals surface area contributed by atoms with Crippen LogP contribution in [0.15, 0.2) is 40.3 Å². The number of amides is 1. The minimum absolute atomic E-state index is 0.0148. The average molecular weight is 315 g/mol. The van der Waals surface area contributed by atoms with E-state index in [0.717, 1.165) is 9.87 Å². The molecule has 1 aromatic carbocycles. The number of benzene rings is 1. The Morgan fingerprint density at radius 3 is 2.27 bits per heavy atom. The van der Waals surface area contributed by atoms with Crippen LogP contribution >= 0.6 is 0 Å². The molecule has 0 saturated heterocycles. The summed E-state index contributed by atoms with van der Waals surface area (Å²) in [5.74, 6) is -0.715. The van der Waals surface area contributed by atoms with Crippen LogP contribution in [-0.4, -0.2) is 25.2 Å². The van der Waals surface area contributed by atoms with Gasteiger partial charge in [0.25, 0.3) is 15.9 Å². The molecule has 6 nitrogen and oxygen atoms in total. The summed E-state index contributed by atoms with van der Waals surface area (Å²) in [5, 5.41) is 17.6. The minimum atomic E-state index is -3.98. The second-order valence-electron chi connectivity index (χ2n) is 4.88. The predicted molar refractivity (Wildman–Crippen MR) is 77.6 cm³/mol. The van der Waals surface area contributed by atoms with E-state index in [1.165, 1.54) is 12.1 Å². The van der Waals surface area contributed by atoms with E-state index in [9.17, 15) is 13.2 Å². The Morgan fingerprint density at radius 2 is 1.73 bits per heavy atom. The lowest BCUT2D eigenvalue weighted by Gasteiger charge is -2.17. The first-order valence-corrected chi connectivity index (χ1v) is 7.94. The molecule has 7 heteroatoms. The summed E-state index contributed by atoms with van der Waals surface area (Å²) in [6.07, 6.45) is -0.265. The first kappa shape index (κ1) is 15.7. The van der Waals surface area contributed by atoms with Crippen molar-refractivity contribution in [3.05, 3.63) is 41.0 Å². The van der Waals surface area contributed by atoms with Gasteiger partial charge in [0.1, 0.15) is 0 Å². The quantitative estimate of drug-likeness (QED) is 0.840. The van der Waals surface area contributed by atoms with Crippen LogP contribution in [0.25, 0.3) is 0 Å². The van der Waals surface area contributed by atoms with Crippen molar-refractivity contribution in [1.82, 2.24) is 4.31 Å². The molecule has 1 amide bonds. The van der Waals surface area contributed by atoms with Gasteiger partial charge < -0.3 is 0 Å². The van der Waals surface area contributed by atoms with Gasteiger partial charge in [-0.2, -0.15) is 10.5 Å². The predicted octanol–water partition coefficient (Wildman–Crippen LogP) is 1.65. The molecule has 1 heterocycles. The number of nitriles is 2. The third-order valence-electron chi connectivity index (χ3n) is 3.40. The molecule has 0 fully saturated rings. The van der Waals surface area contributed by atoms with Gasteiger partial charge in [0.15, 0.2) is 0 Å². The van der Waals surface area contributed by atoms with Crippen LogP contribution in [-0.2, 0) is 14.8 Å². The van der Waals surface area contributed by atoms with E-state index in [0.29, 0.717) is 5.57 Å². The van der Waals surface area contributed by atoms with Gasteiger partial charge in [-0.05, 0) is 24.6 Å². The summed E-state index contributed by atoms with van der Waals surface area (Å²) in [6.45, 7) is 1.66. The summed E-state index contributed by atoms with van der Waals surface area (Å²) >= 11 is 0. The van der Waals surface area contributed by atoms with Gasteiger partial charge in [-0.3, -0.25) is 4.79 Å². The third-order valence-corrected chi connectivity index (χ3v) is 5.15. The highest BCUT2D eigenvalue weighted by Crippen LogP contribution is 2.29. The number of nitrogens with zero attached hydrogens (tertiary/aromatic N) is 3. The molecule has 0 N–H and O–H groups in total. The molecule has 22 heavy (non-hydrogen) atoms. The summed E-state index contributed by atoms with van der Waals surface area (Å²) in [5.41, 5.74) is 1.41. The Balaban J connectivity index is 2.40. The molecular formula is C15H13N3O3S. The minimum Gasteiger partial charge on any atom is -0.268 e. The highest BCUT2D eigenvalue weighted by Gasteiger charge is 2.38. The number of sulfonamides is 1. The lowest BCUT2D eigenvalue weighted by molar-refractivity contribution is -0.121. The van der Waals surface area contributed by atoms with Gasteiger partial charge in [0.2, 0.25) is 0 Å². The standard InChI is InChI=1S/C15H13N3O3S/c1-11-2-4-13(5-3-11)22(20,21)18-10-12(6-8-16)14(7-9-17)15(18)19/h2-5H,6-7,10H2,1H3. The lowest BCUT2D eigenvalue weighted by Crippen LogP contribution is -2.34. The molecule has 0 spiro atoms. The van der Waals surface area contributed by atoms with Crippen molar-refractivity contribution in [3.8, 4) is 12.1 Å². The normalized spacial score (nSPS) is 14.9. The molecule has 112 valence electrons. The van der Waals surface area contributed by atoms with Crippen molar-refractivity contribution in [2.24, 2.45) is 0 Å². The summed E-state index contributed by atoms with van der Waals surface area (Å²) < 4.78 is 25.9. The maximum absolute atomic E-state index is 12.6.